The Morgan fingerprint density at radius 3 is 0.653 bits per heavy atom. The number of benzene rings is 10. The van der Waals surface area contributed by atoms with Crippen molar-refractivity contribution in [2.45, 2.75) is 78.6 Å². The van der Waals surface area contributed by atoms with Crippen molar-refractivity contribution in [3.63, 3.8) is 0 Å². The Hall–Kier alpha value is -6.55. The van der Waals surface area contributed by atoms with Gasteiger partial charge in [0.25, 0.3) is 0 Å². The van der Waals surface area contributed by atoms with Crippen LogP contribution in [0.5, 0.6) is 0 Å². The highest BCUT2D eigenvalue weighted by atomic mass is 28.3. The van der Waals surface area contributed by atoms with Crippen LogP contribution in [0.15, 0.2) is 206 Å². The van der Waals surface area contributed by atoms with Crippen molar-refractivity contribution in [2.75, 3.05) is 9.80 Å². The molecular weight excluding hydrogens is 933 g/mol. The molecule has 0 spiro atoms. The van der Waals surface area contributed by atoms with E-state index in [1.165, 1.54) is 98.1 Å². The van der Waals surface area contributed by atoms with Crippen molar-refractivity contribution >= 4 is 119 Å². The summed E-state index contributed by atoms with van der Waals surface area (Å²) in [4.78, 5) is 4.83. The van der Waals surface area contributed by atoms with Crippen LogP contribution in [0.1, 0.15) is 0 Å². The fraction of sp³-hybridized carbons (Fsp3) is 0.182. The standard InChI is InChI=1S/C66H70N2Si4/c1-69(2,3)55-37-29-51(30-38-55)67(52-31-39-56(40-32-52)70(4,5)6)49-25-21-47(22-26-49)63-45-65-62-20-16-14-18-60(62)64(46-66(65)61-19-15-13-17-59(61)63)48-23-27-50(28-24-48)68(53-33-41-57(42-34-53)71(7,8)9)54-35-43-58(44-36-54)72(10,11)12/h13-46H,1-12H3. The molecule has 10 rings (SSSR count). The minimum atomic E-state index is -1.46. The number of anilines is 6. The quantitative estimate of drug-likeness (QED) is 0.0889. The highest BCUT2D eigenvalue weighted by Gasteiger charge is 2.23. The number of rotatable bonds is 12. The van der Waals surface area contributed by atoms with E-state index in [9.17, 15) is 0 Å². The summed E-state index contributed by atoms with van der Waals surface area (Å²) in [7, 11) is -5.82. The summed E-state index contributed by atoms with van der Waals surface area (Å²) in [5, 5.41) is 13.5. The summed E-state index contributed by atoms with van der Waals surface area (Å²) < 4.78 is 0. The highest BCUT2D eigenvalue weighted by molar-refractivity contribution is 6.90. The SMILES string of the molecule is C[Si](C)(C)c1ccc(N(c2ccc(-c3cc4c5ccccc5c(-c5ccc(N(c6ccc([Si](C)(C)C)cc6)c6ccc([Si](C)(C)C)cc6)cc5)cc4c4ccccc34)cc2)c2ccc([Si](C)(C)C)cc2)cc1. The highest BCUT2D eigenvalue weighted by Crippen LogP contribution is 2.44. The first-order chi connectivity index (χ1) is 34.2. The second-order valence-corrected chi connectivity index (χ2v) is 44.3. The molecular formula is C66H70N2Si4. The number of hydrogen-bond donors (Lipinski definition) is 0. The minimum absolute atomic E-state index is 1.15. The summed E-state index contributed by atoms with van der Waals surface area (Å²) in [5.74, 6) is 0. The molecule has 360 valence electrons. The first-order valence-electron chi connectivity index (χ1n) is 25.8. The molecule has 10 aromatic carbocycles. The molecule has 0 aliphatic carbocycles. The maximum atomic E-state index is 2.45. The van der Waals surface area contributed by atoms with Crippen molar-refractivity contribution in [2.24, 2.45) is 0 Å². The molecule has 0 unspecified atom stereocenters. The smallest absolute Gasteiger partial charge is 0.0775 e. The van der Waals surface area contributed by atoms with Gasteiger partial charge in [-0.3, -0.25) is 0 Å². The van der Waals surface area contributed by atoms with Crippen LogP contribution in [0.4, 0.5) is 34.1 Å². The molecule has 0 radical (unpaired) electrons. The van der Waals surface area contributed by atoms with E-state index in [1.807, 2.05) is 0 Å². The topological polar surface area (TPSA) is 6.48 Å². The van der Waals surface area contributed by atoms with Crippen LogP contribution in [0.3, 0.4) is 0 Å². The lowest BCUT2D eigenvalue weighted by Crippen LogP contribution is -2.37. The average Bonchev–Trinajstić information content (AvgIpc) is 3.36. The maximum Gasteiger partial charge on any atom is 0.0775 e. The van der Waals surface area contributed by atoms with Crippen molar-refractivity contribution < 1.29 is 0 Å². The van der Waals surface area contributed by atoms with Gasteiger partial charge in [0, 0.05) is 34.1 Å². The molecule has 0 amide bonds. The van der Waals surface area contributed by atoms with Gasteiger partial charge in [-0.2, -0.15) is 0 Å². The molecule has 0 aromatic heterocycles. The Bertz CT molecular complexity index is 3200. The zero-order valence-electron chi connectivity index (χ0n) is 44.5. The fourth-order valence-electron chi connectivity index (χ4n) is 10.3. The fourth-order valence-corrected chi connectivity index (χ4v) is 15.0. The summed E-state index contributed by atoms with van der Waals surface area (Å²) in [6.07, 6.45) is 0. The van der Waals surface area contributed by atoms with E-state index >= 15 is 0 Å². The second kappa shape index (κ2) is 18.8. The Morgan fingerprint density at radius 1 is 0.222 bits per heavy atom. The van der Waals surface area contributed by atoms with Crippen LogP contribution in [-0.2, 0) is 0 Å². The van der Waals surface area contributed by atoms with E-state index < -0.39 is 32.3 Å². The Morgan fingerprint density at radius 2 is 0.431 bits per heavy atom. The average molecular weight is 1000 g/mol. The monoisotopic (exact) mass is 1000 g/mol. The summed E-state index contributed by atoms with van der Waals surface area (Å²) in [6.45, 7) is 29.0. The van der Waals surface area contributed by atoms with Crippen molar-refractivity contribution in [1.82, 2.24) is 0 Å². The predicted molar refractivity (Wildman–Crippen MR) is 331 cm³/mol. The van der Waals surface area contributed by atoms with Crippen LogP contribution < -0.4 is 30.5 Å². The van der Waals surface area contributed by atoms with Gasteiger partial charge in [0.1, 0.15) is 0 Å². The third-order valence-electron chi connectivity index (χ3n) is 14.7. The molecule has 0 aliphatic rings. The minimum Gasteiger partial charge on any atom is -0.311 e. The number of hydrogen-bond acceptors (Lipinski definition) is 2. The molecule has 0 aliphatic heterocycles. The third kappa shape index (κ3) is 9.73. The first kappa shape index (κ1) is 49.0. The van der Waals surface area contributed by atoms with E-state index in [-0.39, 0.29) is 0 Å². The molecule has 2 nitrogen and oxygen atoms in total. The van der Waals surface area contributed by atoms with Gasteiger partial charge in [0.15, 0.2) is 0 Å². The van der Waals surface area contributed by atoms with Crippen LogP contribution in [0, 0.1) is 0 Å². The van der Waals surface area contributed by atoms with Crippen molar-refractivity contribution in [3.8, 4) is 22.3 Å². The molecule has 0 heterocycles. The van der Waals surface area contributed by atoms with E-state index in [2.05, 4.69) is 295 Å². The first-order valence-corrected chi connectivity index (χ1v) is 39.8. The van der Waals surface area contributed by atoms with Crippen molar-refractivity contribution in [3.05, 3.63) is 206 Å². The van der Waals surface area contributed by atoms with Crippen LogP contribution in [0.2, 0.25) is 78.6 Å². The second-order valence-electron chi connectivity index (χ2n) is 24.0. The molecule has 0 saturated heterocycles. The number of nitrogens with zero attached hydrogens (tertiary/aromatic N) is 2. The molecule has 6 heteroatoms. The summed E-state index contributed by atoms with van der Waals surface area (Å²) in [5.41, 5.74) is 11.9. The number of fused-ring (bicyclic) bond motifs is 5. The van der Waals surface area contributed by atoms with Gasteiger partial charge in [0.2, 0.25) is 0 Å². The van der Waals surface area contributed by atoms with E-state index in [0.717, 1.165) is 11.4 Å². The van der Waals surface area contributed by atoms with Crippen LogP contribution in [-0.4, -0.2) is 32.3 Å². The van der Waals surface area contributed by atoms with Gasteiger partial charge in [-0.1, -0.05) is 221 Å². The molecule has 0 saturated carbocycles. The van der Waals surface area contributed by atoms with Gasteiger partial charge in [-0.25, -0.2) is 0 Å². The largest absolute Gasteiger partial charge is 0.311 e. The molecule has 0 atom stereocenters. The van der Waals surface area contributed by atoms with Gasteiger partial charge in [-0.05, 0) is 140 Å². The summed E-state index contributed by atoms with van der Waals surface area (Å²) in [6, 6.07) is 78.7. The van der Waals surface area contributed by atoms with E-state index in [0.29, 0.717) is 0 Å². The van der Waals surface area contributed by atoms with Gasteiger partial charge in [0.05, 0.1) is 32.3 Å². The van der Waals surface area contributed by atoms with Gasteiger partial charge in [-0.15, -0.1) is 0 Å². The Labute approximate surface area is 433 Å². The zero-order chi connectivity index (χ0) is 50.7. The summed E-state index contributed by atoms with van der Waals surface area (Å²) >= 11 is 0. The van der Waals surface area contributed by atoms with Crippen LogP contribution in [0.25, 0.3) is 54.6 Å². The maximum absolute atomic E-state index is 2.45. The molecule has 0 fully saturated rings. The van der Waals surface area contributed by atoms with E-state index in [4.69, 9.17) is 0 Å². The van der Waals surface area contributed by atoms with Gasteiger partial charge < -0.3 is 9.80 Å². The van der Waals surface area contributed by atoms with Crippen LogP contribution >= 0.6 is 0 Å². The lowest BCUT2D eigenvalue weighted by atomic mass is 9.87. The van der Waals surface area contributed by atoms with Crippen molar-refractivity contribution in [1.29, 1.82) is 0 Å². The Balaban J connectivity index is 1.05. The molecule has 0 bridgehead atoms. The third-order valence-corrected chi connectivity index (χ3v) is 23.0. The molecule has 0 N–H and O–H groups in total. The normalized spacial score (nSPS) is 12.4. The molecule has 72 heavy (non-hydrogen) atoms. The zero-order valence-corrected chi connectivity index (χ0v) is 48.5. The molecule has 10 aromatic rings. The van der Waals surface area contributed by atoms with E-state index in [1.54, 1.807) is 0 Å². The predicted octanol–water partition coefficient (Wildman–Crippen LogP) is 17.6. The lowest BCUT2D eigenvalue weighted by molar-refractivity contribution is 1.29. The Kier molecular flexibility index (Phi) is 12.8. The van der Waals surface area contributed by atoms with Gasteiger partial charge >= 0.3 is 0 Å². The lowest BCUT2D eigenvalue weighted by Gasteiger charge is -2.28.